The summed E-state index contributed by atoms with van der Waals surface area (Å²) in [4.78, 5) is 24.0. The molecule has 0 unspecified atom stereocenters. The van der Waals surface area contributed by atoms with Crippen molar-refractivity contribution in [1.82, 2.24) is 0 Å². The molecule has 1 aromatic rings. The highest BCUT2D eigenvalue weighted by atomic mass is 32.1. The molecule has 0 saturated heterocycles. The van der Waals surface area contributed by atoms with Crippen LogP contribution in [0.3, 0.4) is 0 Å². The molecule has 1 aliphatic heterocycles. The van der Waals surface area contributed by atoms with Crippen molar-refractivity contribution in [3.8, 4) is 0 Å². The zero-order valence-corrected chi connectivity index (χ0v) is 11.8. The molecule has 0 fully saturated rings. The first-order valence-electron chi connectivity index (χ1n) is 6.02. The molecule has 1 aromatic carbocycles. The van der Waals surface area contributed by atoms with Gasteiger partial charge in [0, 0.05) is 24.4 Å². The third-order valence-corrected chi connectivity index (χ3v) is 4.08. The maximum absolute atomic E-state index is 12.0. The number of amides is 1. The summed E-state index contributed by atoms with van der Waals surface area (Å²) in [5.41, 5.74) is 1.45. The highest BCUT2D eigenvalue weighted by Gasteiger charge is 2.32. The Morgan fingerprint density at radius 1 is 1.47 bits per heavy atom. The van der Waals surface area contributed by atoms with E-state index in [-0.39, 0.29) is 23.4 Å². The van der Waals surface area contributed by atoms with E-state index in [1.54, 1.807) is 11.0 Å². The molecule has 0 spiro atoms. The highest BCUT2D eigenvalue weighted by Crippen LogP contribution is 2.34. The highest BCUT2D eigenvalue weighted by molar-refractivity contribution is 7.80. The lowest BCUT2D eigenvalue weighted by Gasteiger charge is -2.29. The first-order valence-corrected chi connectivity index (χ1v) is 6.66. The summed E-state index contributed by atoms with van der Waals surface area (Å²) in [6.07, 6.45) is 0.236. The Hall–Kier alpha value is -1.56. The third-order valence-electron chi connectivity index (χ3n) is 3.22. The van der Waals surface area contributed by atoms with Crippen LogP contribution in [0.25, 0.3) is 0 Å². The van der Waals surface area contributed by atoms with Crippen LogP contribution in [-0.4, -0.2) is 23.1 Å². The van der Waals surface area contributed by atoms with E-state index in [2.05, 4.69) is 12.6 Å². The number of non-ortho nitro benzene ring substituents is 1. The Morgan fingerprint density at radius 2 is 2.16 bits per heavy atom. The van der Waals surface area contributed by atoms with Gasteiger partial charge < -0.3 is 4.90 Å². The van der Waals surface area contributed by atoms with Crippen LogP contribution in [0, 0.1) is 15.5 Å². The average molecular weight is 280 g/mol. The molecule has 0 radical (unpaired) electrons. The second-order valence-corrected chi connectivity index (χ2v) is 5.87. The van der Waals surface area contributed by atoms with Crippen LogP contribution in [-0.2, 0) is 11.2 Å². The molecule has 0 aromatic heterocycles. The van der Waals surface area contributed by atoms with Crippen LogP contribution in [0.2, 0.25) is 0 Å². The quantitative estimate of drug-likeness (QED) is 0.523. The van der Waals surface area contributed by atoms with Crippen LogP contribution in [0.15, 0.2) is 18.2 Å². The van der Waals surface area contributed by atoms with Crippen LogP contribution in [0.1, 0.15) is 19.4 Å². The minimum atomic E-state index is -0.439. The molecule has 6 heteroatoms. The molecular formula is C13H16N2O3S. The van der Waals surface area contributed by atoms with Gasteiger partial charge in [0.15, 0.2) is 0 Å². The molecule has 19 heavy (non-hydrogen) atoms. The molecule has 0 atom stereocenters. The van der Waals surface area contributed by atoms with Crippen molar-refractivity contribution in [2.24, 2.45) is 5.41 Å². The number of nitro benzene ring substituents is 1. The summed E-state index contributed by atoms with van der Waals surface area (Å²) in [5.74, 6) is 0.657. The topological polar surface area (TPSA) is 63.5 Å². The Bertz CT molecular complexity index is 543. The summed E-state index contributed by atoms with van der Waals surface area (Å²) in [6.45, 7) is 4.65. The van der Waals surface area contributed by atoms with E-state index in [0.717, 1.165) is 11.3 Å². The van der Waals surface area contributed by atoms with Gasteiger partial charge in [0.1, 0.15) is 0 Å². The van der Waals surface area contributed by atoms with Crippen molar-refractivity contribution in [2.45, 2.75) is 20.3 Å². The van der Waals surface area contributed by atoms with Crippen LogP contribution >= 0.6 is 12.6 Å². The van der Waals surface area contributed by atoms with E-state index >= 15 is 0 Å². The number of hydrogen-bond donors (Lipinski definition) is 1. The minimum absolute atomic E-state index is 0.00893. The molecule has 102 valence electrons. The summed E-state index contributed by atoms with van der Waals surface area (Å²) >= 11 is 4.29. The Labute approximate surface area is 117 Å². The smallest absolute Gasteiger partial charge is 0.269 e. The third kappa shape index (κ3) is 2.73. The molecule has 0 saturated carbocycles. The Kier molecular flexibility index (Phi) is 3.54. The van der Waals surface area contributed by atoms with E-state index in [4.69, 9.17) is 0 Å². The fourth-order valence-electron chi connectivity index (χ4n) is 2.13. The number of thiol groups is 1. The lowest BCUT2D eigenvalue weighted by Crippen LogP contribution is -2.37. The fraction of sp³-hybridized carbons (Fsp3) is 0.462. The fourth-order valence-corrected chi connectivity index (χ4v) is 2.23. The number of carbonyl (C=O) groups is 1. The van der Waals surface area contributed by atoms with E-state index in [1.807, 2.05) is 13.8 Å². The normalized spacial score (nSPS) is 14.7. The van der Waals surface area contributed by atoms with Crippen molar-refractivity contribution in [2.75, 3.05) is 17.2 Å². The zero-order valence-electron chi connectivity index (χ0n) is 10.9. The molecule has 0 bridgehead atoms. The maximum atomic E-state index is 12.0. The van der Waals surface area contributed by atoms with Gasteiger partial charge in [-0.15, -0.1) is 0 Å². The lowest BCUT2D eigenvalue weighted by atomic mass is 9.95. The summed E-state index contributed by atoms with van der Waals surface area (Å²) < 4.78 is 0. The van der Waals surface area contributed by atoms with Crippen molar-refractivity contribution in [1.29, 1.82) is 0 Å². The number of anilines is 1. The maximum Gasteiger partial charge on any atom is 0.269 e. The van der Waals surface area contributed by atoms with E-state index in [1.165, 1.54) is 12.1 Å². The number of hydrogen-bond acceptors (Lipinski definition) is 4. The number of fused-ring (bicyclic) bond motifs is 1. The largest absolute Gasteiger partial charge is 0.311 e. The molecule has 0 N–H and O–H groups in total. The SMILES string of the molecule is CC(C)(CS)CN1C(=O)Cc2cc([N+](=O)[O-])ccc21. The average Bonchev–Trinajstić information content (AvgIpc) is 2.65. The molecule has 0 aliphatic carbocycles. The second kappa shape index (κ2) is 4.85. The van der Waals surface area contributed by atoms with Crippen molar-refractivity contribution >= 4 is 29.9 Å². The number of nitro groups is 1. The van der Waals surface area contributed by atoms with Gasteiger partial charge >= 0.3 is 0 Å². The molecular weight excluding hydrogens is 264 g/mol. The summed E-state index contributed by atoms with van der Waals surface area (Å²) in [6, 6.07) is 4.59. The monoisotopic (exact) mass is 280 g/mol. The van der Waals surface area contributed by atoms with Gasteiger partial charge in [-0.1, -0.05) is 13.8 Å². The van der Waals surface area contributed by atoms with Crippen LogP contribution < -0.4 is 4.90 Å². The van der Waals surface area contributed by atoms with Gasteiger partial charge in [-0.3, -0.25) is 14.9 Å². The number of rotatable bonds is 4. The molecule has 1 aliphatic rings. The van der Waals surface area contributed by atoms with E-state index in [9.17, 15) is 14.9 Å². The first kappa shape index (κ1) is 13.9. The molecule has 2 rings (SSSR count). The molecule has 1 heterocycles. The number of carbonyl (C=O) groups excluding carboxylic acids is 1. The predicted octanol–water partition coefficient (Wildman–Crippen LogP) is 2.44. The van der Waals surface area contributed by atoms with Crippen molar-refractivity contribution in [3.63, 3.8) is 0 Å². The van der Waals surface area contributed by atoms with Crippen LogP contribution in [0.5, 0.6) is 0 Å². The molecule has 5 nitrogen and oxygen atoms in total. The zero-order chi connectivity index (χ0) is 14.2. The van der Waals surface area contributed by atoms with Crippen molar-refractivity contribution < 1.29 is 9.72 Å². The van der Waals surface area contributed by atoms with Gasteiger partial charge in [0.05, 0.1) is 11.3 Å². The van der Waals surface area contributed by atoms with Gasteiger partial charge in [-0.05, 0) is 22.8 Å². The lowest BCUT2D eigenvalue weighted by molar-refractivity contribution is -0.384. The Balaban J connectivity index is 2.32. The minimum Gasteiger partial charge on any atom is -0.311 e. The first-order chi connectivity index (χ1) is 8.84. The molecule has 1 amide bonds. The van der Waals surface area contributed by atoms with Gasteiger partial charge in [0.2, 0.25) is 5.91 Å². The van der Waals surface area contributed by atoms with Gasteiger partial charge in [0.25, 0.3) is 5.69 Å². The summed E-state index contributed by atoms with van der Waals surface area (Å²) in [5, 5.41) is 10.7. The second-order valence-electron chi connectivity index (χ2n) is 5.55. The Morgan fingerprint density at radius 3 is 2.74 bits per heavy atom. The van der Waals surface area contributed by atoms with E-state index < -0.39 is 4.92 Å². The predicted molar refractivity (Wildman–Crippen MR) is 76.8 cm³/mol. The van der Waals surface area contributed by atoms with Gasteiger partial charge in [-0.2, -0.15) is 12.6 Å². The van der Waals surface area contributed by atoms with Crippen molar-refractivity contribution in [3.05, 3.63) is 33.9 Å². The van der Waals surface area contributed by atoms with Crippen LogP contribution in [0.4, 0.5) is 11.4 Å². The standard InChI is InChI=1S/C13H16N2O3S/c1-13(2,8-19)7-14-11-4-3-10(15(17)18)5-9(11)6-12(14)16/h3-5,19H,6-8H2,1-2H3. The number of nitrogens with zero attached hydrogens (tertiary/aromatic N) is 2. The summed E-state index contributed by atoms with van der Waals surface area (Å²) in [7, 11) is 0. The van der Waals surface area contributed by atoms with E-state index in [0.29, 0.717) is 12.3 Å². The number of benzene rings is 1. The van der Waals surface area contributed by atoms with Gasteiger partial charge in [-0.25, -0.2) is 0 Å².